The Bertz CT molecular complexity index is 874. The Morgan fingerprint density at radius 3 is 1.53 bits per heavy atom. The zero-order valence-electron chi connectivity index (χ0n) is 18.0. The van der Waals surface area contributed by atoms with Gasteiger partial charge in [-0.25, -0.2) is 8.42 Å². The average Bonchev–Trinajstić information content (AvgIpc) is 2.73. The van der Waals surface area contributed by atoms with Gasteiger partial charge in [-0.2, -0.15) is 4.31 Å². The van der Waals surface area contributed by atoms with E-state index in [4.69, 9.17) is 14.2 Å². The van der Waals surface area contributed by atoms with Crippen LogP contribution in [0.5, 0.6) is 11.5 Å². The molecule has 2 rings (SSSR count). The molecule has 0 aromatic heterocycles. The molecule has 0 saturated carbocycles. The molecule has 2 aromatic rings. The fraction of sp³-hybridized carbons (Fsp3) is 0.409. The largest absolute Gasteiger partial charge is 0.497 e. The molecular formula is C22H29NO6S. The van der Waals surface area contributed by atoms with Gasteiger partial charge in [-0.05, 0) is 41.3 Å². The summed E-state index contributed by atoms with van der Waals surface area (Å²) in [7, 11) is 0.331. The van der Waals surface area contributed by atoms with Crippen molar-refractivity contribution in [3.8, 4) is 11.5 Å². The van der Waals surface area contributed by atoms with Crippen molar-refractivity contribution in [3.63, 3.8) is 0 Å². The highest BCUT2D eigenvalue weighted by Gasteiger charge is 2.40. The summed E-state index contributed by atoms with van der Waals surface area (Å²) in [6, 6.07) is 14.3. The van der Waals surface area contributed by atoms with E-state index in [9.17, 15) is 13.2 Å². The van der Waals surface area contributed by atoms with Gasteiger partial charge < -0.3 is 14.2 Å². The van der Waals surface area contributed by atoms with Gasteiger partial charge in [-0.15, -0.1) is 0 Å². The van der Waals surface area contributed by atoms with Crippen LogP contribution in [0.3, 0.4) is 0 Å². The number of carbonyl (C=O) groups is 1. The first-order valence-electron chi connectivity index (χ1n) is 9.55. The van der Waals surface area contributed by atoms with Crippen LogP contribution in [0, 0.1) is 5.92 Å². The van der Waals surface area contributed by atoms with Gasteiger partial charge in [0.2, 0.25) is 10.0 Å². The van der Waals surface area contributed by atoms with Gasteiger partial charge >= 0.3 is 5.97 Å². The van der Waals surface area contributed by atoms with Crippen LogP contribution in [-0.4, -0.2) is 45.3 Å². The van der Waals surface area contributed by atoms with Crippen LogP contribution >= 0.6 is 0 Å². The Hall–Kier alpha value is -2.58. The predicted octanol–water partition coefficient (Wildman–Crippen LogP) is 3.23. The molecule has 164 valence electrons. The molecule has 7 nitrogen and oxygen atoms in total. The fourth-order valence-corrected chi connectivity index (χ4v) is 5.13. The van der Waals surface area contributed by atoms with E-state index in [0.29, 0.717) is 11.5 Å². The second kappa shape index (κ2) is 10.4. The average molecular weight is 436 g/mol. The molecular weight excluding hydrogens is 406 g/mol. The minimum absolute atomic E-state index is 0.110. The van der Waals surface area contributed by atoms with E-state index in [1.807, 2.05) is 0 Å². The summed E-state index contributed by atoms with van der Waals surface area (Å²) in [6.07, 6.45) is 0. The van der Waals surface area contributed by atoms with Crippen LogP contribution < -0.4 is 9.47 Å². The van der Waals surface area contributed by atoms with E-state index >= 15 is 0 Å². The number of carbonyl (C=O) groups excluding carboxylic acids is 1. The zero-order valence-corrected chi connectivity index (χ0v) is 18.8. The van der Waals surface area contributed by atoms with Crippen molar-refractivity contribution in [1.82, 2.24) is 4.31 Å². The molecule has 0 aliphatic rings. The lowest BCUT2D eigenvalue weighted by atomic mass is 10.1. The molecule has 0 bridgehead atoms. The number of methoxy groups -OCH3 is 3. The third kappa shape index (κ3) is 5.73. The molecule has 0 fully saturated rings. The highest BCUT2D eigenvalue weighted by atomic mass is 32.2. The van der Waals surface area contributed by atoms with E-state index in [-0.39, 0.29) is 13.1 Å². The third-order valence-corrected chi connectivity index (χ3v) is 7.11. The highest BCUT2D eigenvalue weighted by molar-refractivity contribution is 7.90. The van der Waals surface area contributed by atoms with Crippen LogP contribution in [0.4, 0.5) is 0 Å². The molecule has 0 spiro atoms. The Balaban J connectivity index is 2.42. The lowest BCUT2D eigenvalue weighted by Gasteiger charge is -2.28. The molecule has 1 atom stereocenters. The number of esters is 1. The Morgan fingerprint density at radius 1 is 0.833 bits per heavy atom. The molecule has 8 heteroatoms. The Morgan fingerprint density at radius 2 is 1.23 bits per heavy atom. The Kier molecular flexibility index (Phi) is 8.25. The smallest absolute Gasteiger partial charge is 0.325 e. The number of benzene rings is 2. The normalized spacial score (nSPS) is 12.6. The van der Waals surface area contributed by atoms with E-state index in [1.54, 1.807) is 76.6 Å². The summed E-state index contributed by atoms with van der Waals surface area (Å²) in [5, 5.41) is -1.29. The summed E-state index contributed by atoms with van der Waals surface area (Å²) in [6.45, 7) is 3.60. The number of nitrogens with zero attached hydrogens (tertiary/aromatic N) is 1. The SMILES string of the molecule is COC(=O)C(C(C)C)S(=O)(=O)N(Cc1ccc(OC)cc1)Cc1ccc(OC)cc1. The monoisotopic (exact) mass is 435 g/mol. The minimum Gasteiger partial charge on any atom is -0.497 e. The maximum atomic E-state index is 13.5. The van der Waals surface area contributed by atoms with Crippen LogP contribution in [0.15, 0.2) is 48.5 Å². The number of sulfonamides is 1. The highest BCUT2D eigenvalue weighted by Crippen LogP contribution is 2.24. The van der Waals surface area contributed by atoms with Crippen molar-refractivity contribution >= 4 is 16.0 Å². The molecule has 1 unspecified atom stereocenters. The molecule has 0 amide bonds. The molecule has 0 radical (unpaired) electrons. The van der Waals surface area contributed by atoms with Crippen LogP contribution in [0.1, 0.15) is 25.0 Å². The van der Waals surface area contributed by atoms with E-state index in [2.05, 4.69) is 0 Å². The Labute approximate surface area is 178 Å². The van der Waals surface area contributed by atoms with Crippen molar-refractivity contribution in [3.05, 3.63) is 59.7 Å². The first kappa shape index (κ1) is 23.7. The molecule has 0 aliphatic carbocycles. The number of ether oxygens (including phenoxy) is 3. The van der Waals surface area contributed by atoms with Crippen molar-refractivity contribution < 1.29 is 27.4 Å². The summed E-state index contributed by atoms with van der Waals surface area (Å²) in [4.78, 5) is 12.3. The van der Waals surface area contributed by atoms with Gasteiger partial charge in [-0.3, -0.25) is 4.79 Å². The van der Waals surface area contributed by atoms with Crippen LogP contribution in [-0.2, 0) is 32.6 Å². The lowest BCUT2D eigenvalue weighted by molar-refractivity contribution is -0.141. The molecule has 0 aliphatic heterocycles. The van der Waals surface area contributed by atoms with E-state index < -0.39 is 27.2 Å². The number of hydrogen-bond acceptors (Lipinski definition) is 6. The zero-order chi connectivity index (χ0) is 22.3. The standard InChI is InChI=1S/C22H29NO6S/c1-16(2)21(22(24)29-5)30(25,26)23(14-17-6-10-19(27-3)11-7-17)15-18-8-12-20(28-4)13-9-18/h6-13,16,21H,14-15H2,1-5H3. The molecule has 2 aromatic carbocycles. The van der Waals surface area contributed by atoms with Gasteiger partial charge in [0.15, 0.2) is 5.25 Å². The molecule has 30 heavy (non-hydrogen) atoms. The summed E-state index contributed by atoms with van der Waals surface area (Å²) < 4.78 is 43.5. The predicted molar refractivity (Wildman–Crippen MR) is 115 cm³/mol. The van der Waals surface area contributed by atoms with Crippen LogP contribution in [0.2, 0.25) is 0 Å². The number of rotatable bonds is 10. The van der Waals surface area contributed by atoms with Crippen LogP contribution in [0.25, 0.3) is 0 Å². The summed E-state index contributed by atoms with van der Waals surface area (Å²) >= 11 is 0. The minimum atomic E-state index is -4.01. The van der Waals surface area contributed by atoms with Crippen molar-refractivity contribution in [2.75, 3.05) is 21.3 Å². The van der Waals surface area contributed by atoms with Gasteiger partial charge in [0.25, 0.3) is 0 Å². The molecule has 0 N–H and O–H groups in total. The van der Waals surface area contributed by atoms with Gasteiger partial charge in [0, 0.05) is 13.1 Å². The van der Waals surface area contributed by atoms with E-state index in [0.717, 1.165) is 11.1 Å². The second-order valence-electron chi connectivity index (χ2n) is 7.20. The molecule has 0 heterocycles. The quantitative estimate of drug-likeness (QED) is 0.533. The molecule has 0 saturated heterocycles. The van der Waals surface area contributed by atoms with Gasteiger partial charge in [-0.1, -0.05) is 38.1 Å². The van der Waals surface area contributed by atoms with E-state index in [1.165, 1.54) is 11.4 Å². The first-order valence-corrected chi connectivity index (χ1v) is 11.1. The second-order valence-corrected chi connectivity index (χ2v) is 9.25. The van der Waals surface area contributed by atoms with Crippen molar-refractivity contribution in [2.24, 2.45) is 5.92 Å². The fourth-order valence-electron chi connectivity index (χ4n) is 3.12. The third-order valence-electron chi connectivity index (χ3n) is 4.76. The van der Waals surface area contributed by atoms with Crippen molar-refractivity contribution in [1.29, 1.82) is 0 Å². The van der Waals surface area contributed by atoms with Crippen molar-refractivity contribution in [2.45, 2.75) is 32.2 Å². The number of hydrogen-bond donors (Lipinski definition) is 0. The topological polar surface area (TPSA) is 82.1 Å². The van der Waals surface area contributed by atoms with Gasteiger partial charge in [0.05, 0.1) is 21.3 Å². The lowest BCUT2D eigenvalue weighted by Crippen LogP contribution is -2.45. The summed E-state index contributed by atoms with van der Waals surface area (Å²) in [5.74, 6) is 0.145. The summed E-state index contributed by atoms with van der Waals surface area (Å²) in [5.41, 5.74) is 1.56. The first-order chi connectivity index (χ1) is 14.2. The van der Waals surface area contributed by atoms with Gasteiger partial charge in [0.1, 0.15) is 11.5 Å². The maximum Gasteiger partial charge on any atom is 0.325 e. The maximum absolute atomic E-state index is 13.5.